The highest BCUT2D eigenvalue weighted by Gasteiger charge is 2.36. The highest BCUT2D eigenvalue weighted by molar-refractivity contribution is 5.39. The van der Waals surface area contributed by atoms with Gasteiger partial charge in [-0.25, -0.2) is 0 Å². The van der Waals surface area contributed by atoms with Crippen LogP contribution in [-0.4, -0.2) is 36.6 Å². The van der Waals surface area contributed by atoms with Gasteiger partial charge in [0.15, 0.2) is 0 Å². The Morgan fingerprint density at radius 2 is 2.00 bits per heavy atom. The van der Waals surface area contributed by atoms with E-state index in [1.807, 2.05) is 12.1 Å². The van der Waals surface area contributed by atoms with E-state index in [2.05, 4.69) is 44.7 Å². The first-order valence-electron chi connectivity index (χ1n) is 11.2. The largest absolute Gasteiger partial charge is 0.491 e. The summed E-state index contributed by atoms with van der Waals surface area (Å²) in [5.74, 6) is 1.26. The van der Waals surface area contributed by atoms with Gasteiger partial charge in [0.05, 0.1) is 19.3 Å². The summed E-state index contributed by atoms with van der Waals surface area (Å²) in [7, 11) is 0. The van der Waals surface area contributed by atoms with E-state index in [-0.39, 0.29) is 12.7 Å². The van der Waals surface area contributed by atoms with Gasteiger partial charge in [-0.1, -0.05) is 42.0 Å². The average Bonchev–Trinajstić information content (AvgIpc) is 3.16. The van der Waals surface area contributed by atoms with Crippen molar-refractivity contribution in [2.75, 3.05) is 19.8 Å². The third-order valence-electron chi connectivity index (χ3n) is 6.51. The zero-order valence-corrected chi connectivity index (χ0v) is 18.5. The van der Waals surface area contributed by atoms with Crippen molar-refractivity contribution in [2.24, 2.45) is 11.7 Å². The molecule has 3 rings (SSSR count). The molecule has 2 aliphatic rings. The minimum Gasteiger partial charge on any atom is -0.491 e. The fourth-order valence-electron chi connectivity index (χ4n) is 4.53. The van der Waals surface area contributed by atoms with E-state index in [1.165, 1.54) is 16.7 Å². The van der Waals surface area contributed by atoms with Crippen LogP contribution in [0.2, 0.25) is 0 Å². The molecule has 0 heterocycles. The molecule has 2 saturated carbocycles. The van der Waals surface area contributed by atoms with Gasteiger partial charge < -0.3 is 20.3 Å². The molecule has 3 atom stereocenters. The van der Waals surface area contributed by atoms with Crippen LogP contribution in [0, 0.1) is 12.8 Å². The fourth-order valence-corrected chi connectivity index (χ4v) is 4.53. The molecule has 2 aliphatic carbocycles. The van der Waals surface area contributed by atoms with Gasteiger partial charge in [0.1, 0.15) is 12.4 Å². The third kappa shape index (κ3) is 6.07. The summed E-state index contributed by atoms with van der Waals surface area (Å²) in [6, 6.07) is 8.11. The molecule has 30 heavy (non-hydrogen) atoms. The van der Waals surface area contributed by atoms with Gasteiger partial charge in [-0.05, 0) is 81.6 Å². The Labute approximate surface area is 181 Å². The summed E-state index contributed by atoms with van der Waals surface area (Å²) in [6.07, 6.45) is 10.4. The molecule has 1 aromatic rings. The first-order valence-corrected chi connectivity index (χ1v) is 11.2. The van der Waals surface area contributed by atoms with Crippen LogP contribution in [0.4, 0.5) is 0 Å². The fraction of sp³-hybridized carbons (Fsp3) is 0.538. The summed E-state index contributed by atoms with van der Waals surface area (Å²) in [5, 5.41) is 9.52. The molecule has 4 heteroatoms. The smallest absolute Gasteiger partial charge is 0.119 e. The predicted octanol–water partition coefficient (Wildman–Crippen LogP) is 4.86. The second-order valence-corrected chi connectivity index (χ2v) is 8.92. The highest BCUT2D eigenvalue weighted by Crippen LogP contribution is 2.39. The minimum absolute atomic E-state index is 0.0557. The SMILES string of the molecule is C=C(/C=C1/CC[C@H](OCCOc2ccc(C)cc2)C/C1=C/C)[C@H]1CC[C@](N)(CO)C1. The van der Waals surface area contributed by atoms with Crippen LogP contribution in [-0.2, 0) is 4.74 Å². The lowest BCUT2D eigenvalue weighted by molar-refractivity contribution is 0.0261. The van der Waals surface area contributed by atoms with Crippen molar-refractivity contribution >= 4 is 0 Å². The quantitative estimate of drug-likeness (QED) is 0.600. The van der Waals surface area contributed by atoms with Gasteiger partial charge >= 0.3 is 0 Å². The van der Waals surface area contributed by atoms with E-state index in [4.69, 9.17) is 15.2 Å². The normalized spacial score (nSPS) is 29.5. The molecule has 0 aromatic heterocycles. The number of aliphatic hydroxyl groups is 1. The Kier molecular flexibility index (Phi) is 7.93. The van der Waals surface area contributed by atoms with Crippen LogP contribution in [0.5, 0.6) is 5.75 Å². The minimum atomic E-state index is -0.429. The predicted molar refractivity (Wildman–Crippen MR) is 123 cm³/mol. The van der Waals surface area contributed by atoms with Crippen LogP contribution < -0.4 is 10.5 Å². The van der Waals surface area contributed by atoms with Crippen LogP contribution in [0.25, 0.3) is 0 Å². The first kappa shape index (κ1) is 22.8. The van der Waals surface area contributed by atoms with E-state index in [0.717, 1.165) is 49.8 Å². The Morgan fingerprint density at radius 1 is 1.23 bits per heavy atom. The van der Waals surface area contributed by atoms with Gasteiger partial charge in [0.2, 0.25) is 0 Å². The molecule has 164 valence electrons. The van der Waals surface area contributed by atoms with E-state index in [9.17, 15) is 5.11 Å². The summed E-state index contributed by atoms with van der Waals surface area (Å²) in [5.41, 5.74) is 10.9. The molecule has 0 aliphatic heterocycles. The number of hydrogen-bond acceptors (Lipinski definition) is 4. The molecular weight excluding hydrogens is 374 g/mol. The zero-order valence-electron chi connectivity index (χ0n) is 18.5. The van der Waals surface area contributed by atoms with Crippen molar-refractivity contribution in [3.63, 3.8) is 0 Å². The van der Waals surface area contributed by atoms with Gasteiger partial charge in [0, 0.05) is 5.54 Å². The van der Waals surface area contributed by atoms with Crippen LogP contribution in [0.1, 0.15) is 51.0 Å². The van der Waals surface area contributed by atoms with Gasteiger partial charge in [-0.3, -0.25) is 0 Å². The van der Waals surface area contributed by atoms with Gasteiger partial charge in [0.25, 0.3) is 0 Å². The van der Waals surface area contributed by atoms with Crippen molar-refractivity contribution in [2.45, 2.75) is 64.0 Å². The summed E-state index contributed by atoms with van der Waals surface area (Å²) < 4.78 is 11.9. The standard InChI is InChI=1S/C26H37NO3/c1-4-21-16-25(30-14-13-29-24-8-5-19(2)6-9-24)10-7-22(21)15-20(3)23-11-12-26(27,17-23)18-28/h4-6,8-9,15,23,25,28H,3,7,10-14,16-18,27H2,1-2H3/b21-4-,22-15-/t23-,25-,26+/m0/s1. The number of aryl methyl sites for hydroxylation is 1. The summed E-state index contributed by atoms with van der Waals surface area (Å²) in [6.45, 7) is 9.72. The maximum atomic E-state index is 9.52. The number of rotatable bonds is 8. The zero-order chi connectivity index (χ0) is 21.6. The average molecular weight is 412 g/mol. The lowest BCUT2D eigenvalue weighted by Crippen LogP contribution is -2.40. The number of nitrogens with two attached hydrogens (primary N) is 1. The Bertz CT molecular complexity index is 780. The van der Waals surface area contributed by atoms with E-state index in [0.29, 0.717) is 19.1 Å². The molecule has 0 unspecified atom stereocenters. The topological polar surface area (TPSA) is 64.7 Å². The number of hydrogen-bond donors (Lipinski definition) is 2. The lowest BCUT2D eigenvalue weighted by Gasteiger charge is -2.28. The van der Waals surface area contributed by atoms with Crippen molar-refractivity contribution < 1.29 is 14.6 Å². The van der Waals surface area contributed by atoms with Gasteiger partial charge in [-0.15, -0.1) is 0 Å². The van der Waals surface area contributed by atoms with Crippen molar-refractivity contribution in [3.05, 3.63) is 65.3 Å². The Morgan fingerprint density at radius 3 is 2.67 bits per heavy atom. The maximum absolute atomic E-state index is 9.52. The second kappa shape index (κ2) is 10.4. The molecule has 3 N–H and O–H groups in total. The van der Waals surface area contributed by atoms with Crippen molar-refractivity contribution in [1.29, 1.82) is 0 Å². The van der Waals surface area contributed by atoms with E-state index in [1.54, 1.807) is 0 Å². The van der Waals surface area contributed by atoms with Gasteiger partial charge in [-0.2, -0.15) is 0 Å². The molecule has 2 fully saturated rings. The second-order valence-electron chi connectivity index (χ2n) is 8.92. The molecule has 4 nitrogen and oxygen atoms in total. The molecule has 0 radical (unpaired) electrons. The Balaban J connectivity index is 1.46. The number of ether oxygens (including phenoxy) is 2. The molecule has 0 saturated heterocycles. The monoisotopic (exact) mass is 411 g/mol. The molecular formula is C26H37NO3. The summed E-state index contributed by atoms with van der Waals surface area (Å²) >= 11 is 0. The van der Waals surface area contributed by atoms with Crippen LogP contribution in [0.15, 0.2) is 59.7 Å². The van der Waals surface area contributed by atoms with E-state index >= 15 is 0 Å². The molecule has 0 bridgehead atoms. The molecule has 0 amide bonds. The summed E-state index contributed by atoms with van der Waals surface area (Å²) in [4.78, 5) is 0. The van der Waals surface area contributed by atoms with Crippen LogP contribution >= 0.6 is 0 Å². The molecule has 0 spiro atoms. The Hall–Kier alpha value is -1.88. The highest BCUT2D eigenvalue weighted by atomic mass is 16.5. The van der Waals surface area contributed by atoms with Crippen LogP contribution in [0.3, 0.4) is 0 Å². The lowest BCUT2D eigenvalue weighted by atomic mass is 9.84. The number of aliphatic hydroxyl groups excluding tert-OH is 1. The maximum Gasteiger partial charge on any atom is 0.119 e. The third-order valence-corrected chi connectivity index (χ3v) is 6.51. The first-order chi connectivity index (χ1) is 14.4. The number of allylic oxidation sites excluding steroid dienone is 4. The van der Waals surface area contributed by atoms with E-state index < -0.39 is 5.54 Å². The number of benzene rings is 1. The molecule has 1 aromatic carbocycles. The van der Waals surface area contributed by atoms with Crippen molar-refractivity contribution in [1.82, 2.24) is 0 Å². The van der Waals surface area contributed by atoms with Crippen molar-refractivity contribution in [3.8, 4) is 5.75 Å².